The molecule has 1 aromatic heterocycles. The summed E-state index contributed by atoms with van der Waals surface area (Å²) in [6, 6.07) is 4.61. The second-order valence-electron chi connectivity index (χ2n) is 9.66. The van der Waals surface area contributed by atoms with Gasteiger partial charge in [-0.25, -0.2) is 4.39 Å². The Hall–Kier alpha value is -1.95. The first-order valence-corrected chi connectivity index (χ1v) is 13.0. The van der Waals surface area contributed by atoms with E-state index in [1.807, 2.05) is 0 Å². The van der Waals surface area contributed by atoms with Gasteiger partial charge in [-0.15, -0.1) is 0 Å². The molecule has 0 saturated carbocycles. The molecule has 0 radical (unpaired) electrons. The van der Waals surface area contributed by atoms with Gasteiger partial charge in [0, 0.05) is 42.8 Å². The zero-order valence-corrected chi connectivity index (χ0v) is 20.7. The molecule has 0 bridgehead atoms. The van der Waals surface area contributed by atoms with Crippen molar-refractivity contribution in [3.63, 3.8) is 0 Å². The van der Waals surface area contributed by atoms with E-state index in [-0.39, 0.29) is 29.9 Å². The number of likely N-dealkylation sites (tertiary alicyclic amines) is 1. The van der Waals surface area contributed by atoms with Crippen molar-refractivity contribution in [2.75, 3.05) is 13.1 Å². The van der Waals surface area contributed by atoms with E-state index in [1.54, 1.807) is 6.07 Å². The maximum Gasteiger partial charge on any atom is 0.307 e. The molecule has 1 aromatic carbocycles. The minimum absolute atomic E-state index is 0.0690. The molecule has 1 aliphatic heterocycles. The van der Waals surface area contributed by atoms with Crippen molar-refractivity contribution in [3.05, 3.63) is 29.7 Å². The molecular formula is C27H41FN2O3. The average Bonchev–Trinajstić information content (AvgIpc) is 3.24. The maximum absolute atomic E-state index is 13.5. The molecule has 2 unspecified atom stereocenters. The Morgan fingerprint density at radius 1 is 1.15 bits per heavy atom. The second kappa shape index (κ2) is 13.1. The number of aromatic nitrogens is 1. The molecule has 5 nitrogen and oxygen atoms in total. The molecule has 1 aliphatic rings. The van der Waals surface area contributed by atoms with Gasteiger partial charge < -0.3 is 9.26 Å². The van der Waals surface area contributed by atoms with Gasteiger partial charge in [0.15, 0.2) is 11.8 Å². The number of esters is 1. The summed E-state index contributed by atoms with van der Waals surface area (Å²) in [6.45, 7) is 8.23. The Bertz CT molecular complexity index is 860. The fraction of sp³-hybridized carbons (Fsp3) is 0.704. The van der Waals surface area contributed by atoms with Gasteiger partial charge in [-0.3, -0.25) is 9.69 Å². The number of ether oxygens (including phenoxy) is 1. The third-order valence-electron chi connectivity index (χ3n) is 7.11. The van der Waals surface area contributed by atoms with Crippen molar-refractivity contribution in [2.45, 2.75) is 104 Å². The number of carbonyl (C=O) groups is 1. The van der Waals surface area contributed by atoms with Gasteiger partial charge in [0.1, 0.15) is 5.82 Å². The molecule has 184 valence electrons. The van der Waals surface area contributed by atoms with Crippen LogP contribution in [0.5, 0.6) is 0 Å². The Balaban J connectivity index is 1.49. The third kappa shape index (κ3) is 7.26. The Kier molecular flexibility index (Phi) is 10.2. The Morgan fingerprint density at radius 2 is 1.85 bits per heavy atom. The number of carbonyl (C=O) groups excluding carboxylic acids is 1. The number of nitrogens with zero attached hydrogens (tertiary/aromatic N) is 2. The van der Waals surface area contributed by atoms with Crippen LogP contribution in [0.1, 0.15) is 103 Å². The highest BCUT2D eigenvalue weighted by molar-refractivity contribution is 5.79. The van der Waals surface area contributed by atoms with Gasteiger partial charge in [0.25, 0.3) is 0 Å². The predicted octanol–water partition coefficient (Wildman–Crippen LogP) is 7.20. The number of halogens is 1. The van der Waals surface area contributed by atoms with E-state index < -0.39 is 0 Å². The lowest BCUT2D eigenvalue weighted by Crippen LogP contribution is -2.46. The Morgan fingerprint density at radius 3 is 2.55 bits per heavy atom. The summed E-state index contributed by atoms with van der Waals surface area (Å²) in [5, 5.41) is 5.15. The van der Waals surface area contributed by atoms with Gasteiger partial charge in [-0.1, -0.05) is 64.5 Å². The summed E-state index contributed by atoms with van der Waals surface area (Å²) in [4.78, 5) is 14.9. The zero-order valence-electron chi connectivity index (χ0n) is 20.7. The summed E-state index contributed by atoms with van der Waals surface area (Å²) in [5.41, 5.74) is 1.42. The van der Waals surface area contributed by atoms with Crippen molar-refractivity contribution in [2.24, 2.45) is 5.92 Å². The minimum Gasteiger partial charge on any atom is -0.446 e. The quantitative estimate of drug-likeness (QED) is 0.234. The van der Waals surface area contributed by atoms with Crippen molar-refractivity contribution in [3.8, 4) is 0 Å². The summed E-state index contributed by atoms with van der Waals surface area (Å²) >= 11 is 0. The van der Waals surface area contributed by atoms with Crippen LogP contribution < -0.4 is 0 Å². The molecule has 2 heterocycles. The zero-order chi connectivity index (χ0) is 23.6. The van der Waals surface area contributed by atoms with E-state index >= 15 is 0 Å². The van der Waals surface area contributed by atoms with Crippen LogP contribution in [0.15, 0.2) is 22.7 Å². The number of hydrogen-bond donors (Lipinski definition) is 0. The molecule has 0 aliphatic carbocycles. The maximum atomic E-state index is 13.5. The highest BCUT2D eigenvalue weighted by atomic mass is 19.1. The van der Waals surface area contributed by atoms with Gasteiger partial charge in [-0.2, -0.15) is 0 Å². The molecular weight excluding hydrogens is 419 g/mol. The first-order chi connectivity index (χ1) is 16.0. The fourth-order valence-corrected chi connectivity index (χ4v) is 4.82. The highest BCUT2D eigenvalue weighted by Crippen LogP contribution is 2.34. The smallest absolute Gasteiger partial charge is 0.307 e. The number of unbranched alkanes of at least 4 members (excludes halogenated alkanes) is 6. The second-order valence-corrected chi connectivity index (χ2v) is 9.66. The van der Waals surface area contributed by atoms with Crippen LogP contribution in [0.4, 0.5) is 4.39 Å². The largest absolute Gasteiger partial charge is 0.446 e. The standard InChI is InChI=1S/C27H41FN2O3/c1-4-6-7-8-9-10-11-12-25(31)32-27(20(3)5-2)30-17-15-21(16-18-30)26-23-14-13-22(28)19-24(23)33-29-26/h13-14,19-21,27H,4-12,15-18H2,1-3H3. The average molecular weight is 461 g/mol. The van der Waals surface area contributed by atoms with Gasteiger partial charge in [-0.05, 0) is 37.8 Å². The van der Waals surface area contributed by atoms with Crippen LogP contribution in [0.2, 0.25) is 0 Å². The lowest BCUT2D eigenvalue weighted by Gasteiger charge is -2.39. The fourth-order valence-electron chi connectivity index (χ4n) is 4.82. The number of benzene rings is 1. The molecule has 33 heavy (non-hydrogen) atoms. The molecule has 0 amide bonds. The van der Waals surface area contributed by atoms with E-state index in [1.165, 1.54) is 44.2 Å². The summed E-state index contributed by atoms with van der Waals surface area (Å²) in [7, 11) is 0. The van der Waals surface area contributed by atoms with Gasteiger partial charge in [0.05, 0.1) is 5.69 Å². The molecule has 1 fully saturated rings. The lowest BCUT2D eigenvalue weighted by atomic mass is 9.90. The molecule has 1 saturated heterocycles. The third-order valence-corrected chi connectivity index (χ3v) is 7.11. The van der Waals surface area contributed by atoms with E-state index in [0.29, 0.717) is 12.0 Å². The SMILES string of the molecule is CCCCCCCCCC(=O)OC(C(C)CC)N1CCC(c2noc3cc(F)ccc23)CC1. The first-order valence-electron chi connectivity index (χ1n) is 13.0. The Labute approximate surface area is 198 Å². The van der Waals surface area contributed by atoms with E-state index in [4.69, 9.17) is 9.26 Å². The van der Waals surface area contributed by atoms with Crippen molar-refractivity contribution >= 4 is 16.9 Å². The molecule has 2 aromatic rings. The monoisotopic (exact) mass is 460 g/mol. The normalized spacial score (nSPS) is 17.3. The van der Waals surface area contributed by atoms with Crippen molar-refractivity contribution in [1.82, 2.24) is 10.1 Å². The summed E-state index contributed by atoms with van der Waals surface area (Å²) in [6.07, 6.45) is 11.5. The molecule has 2 atom stereocenters. The lowest BCUT2D eigenvalue weighted by molar-refractivity contribution is -0.166. The first kappa shape index (κ1) is 25.7. The van der Waals surface area contributed by atoms with Crippen molar-refractivity contribution < 1.29 is 18.4 Å². The molecule has 0 N–H and O–H groups in total. The minimum atomic E-state index is -0.310. The van der Waals surface area contributed by atoms with Crippen LogP contribution in [-0.2, 0) is 9.53 Å². The number of piperidine rings is 1. The molecule has 0 spiro atoms. The van der Waals surface area contributed by atoms with Gasteiger partial charge >= 0.3 is 5.97 Å². The van der Waals surface area contributed by atoms with Crippen LogP contribution in [-0.4, -0.2) is 35.3 Å². The number of rotatable bonds is 13. The topological polar surface area (TPSA) is 55.6 Å². The summed E-state index contributed by atoms with van der Waals surface area (Å²) < 4.78 is 24.8. The van der Waals surface area contributed by atoms with Gasteiger partial charge in [0.2, 0.25) is 0 Å². The van der Waals surface area contributed by atoms with E-state index in [2.05, 4.69) is 30.8 Å². The van der Waals surface area contributed by atoms with Crippen LogP contribution >= 0.6 is 0 Å². The predicted molar refractivity (Wildman–Crippen MR) is 129 cm³/mol. The summed E-state index contributed by atoms with van der Waals surface area (Å²) in [5.74, 6) is 0.180. The highest BCUT2D eigenvalue weighted by Gasteiger charge is 2.32. The van der Waals surface area contributed by atoms with Crippen LogP contribution in [0, 0.1) is 11.7 Å². The van der Waals surface area contributed by atoms with E-state index in [9.17, 15) is 9.18 Å². The van der Waals surface area contributed by atoms with Crippen LogP contribution in [0.25, 0.3) is 11.0 Å². The van der Waals surface area contributed by atoms with Crippen molar-refractivity contribution in [1.29, 1.82) is 0 Å². The molecule has 3 rings (SSSR count). The number of hydrogen-bond acceptors (Lipinski definition) is 5. The molecule has 6 heteroatoms. The van der Waals surface area contributed by atoms with Crippen LogP contribution in [0.3, 0.4) is 0 Å². The van der Waals surface area contributed by atoms with E-state index in [0.717, 1.165) is 56.3 Å². The number of fused-ring (bicyclic) bond motifs is 1.